The standard InChI is InChI=1S/C22H20Cl3FN4O3S2/c1-11-7-19(34-21(11)25)35(32,33)30-22(31)27-10-16(26)14-3-2-4-17-20(14)18(29-28-17)8-12-5-6-13(23)9-15(12)24/h5-7,9H,2-4,8,10H2,1H3,(H,28,29)(H2,27,30,31). The molecule has 0 bridgehead atoms. The largest absolute Gasteiger partial charge is 0.331 e. The Balaban J connectivity index is 1.50. The number of urea groups is 1. The van der Waals surface area contributed by atoms with Crippen molar-refractivity contribution in [2.75, 3.05) is 6.54 Å². The lowest BCUT2D eigenvalue weighted by Gasteiger charge is -2.18. The Bertz CT molecular complexity index is 1410. The average Bonchev–Trinajstić information content (AvgIpc) is 3.37. The third kappa shape index (κ3) is 5.83. The fraction of sp³-hybridized carbons (Fsp3) is 0.273. The van der Waals surface area contributed by atoms with Gasteiger partial charge in [0.05, 0.1) is 16.6 Å². The van der Waals surface area contributed by atoms with Crippen LogP contribution >= 0.6 is 46.1 Å². The normalized spacial score (nSPS) is 15.0. The number of carbonyl (C=O) groups excluding carboxylic acids is 1. The second-order valence-corrected chi connectivity index (χ2v) is 12.4. The van der Waals surface area contributed by atoms with Gasteiger partial charge in [0.2, 0.25) is 0 Å². The van der Waals surface area contributed by atoms with Crippen molar-refractivity contribution in [3.8, 4) is 0 Å². The summed E-state index contributed by atoms with van der Waals surface area (Å²) in [6.45, 7) is 1.18. The number of fused-ring (bicyclic) bond motifs is 1. The number of sulfonamides is 1. The molecule has 0 unspecified atom stereocenters. The van der Waals surface area contributed by atoms with Crippen LogP contribution in [0.15, 0.2) is 34.3 Å². The quantitative estimate of drug-likeness (QED) is 0.332. The summed E-state index contributed by atoms with van der Waals surface area (Å²) in [7, 11) is -4.13. The molecule has 186 valence electrons. The number of aromatic nitrogens is 2. The zero-order chi connectivity index (χ0) is 25.3. The third-order valence-corrected chi connectivity index (χ3v) is 9.45. The molecule has 1 aromatic carbocycles. The van der Waals surface area contributed by atoms with Gasteiger partial charge in [-0.2, -0.15) is 5.10 Å². The van der Waals surface area contributed by atoms with Crippen molar-refractivity contribution < 1.29 is 17.6 Å². The van der Waals surface area contributed by atoms with Gasteiger partial charge >= 0.3 is 6.03 Å². The Kier molecular flexibility index (Phi) is 7.77. The zero-order valence-corrected chi connectivity index (χ0v) is 22.2. The first-order valence-electron chi connectivity index (χ1n) is 10.5. The lowest BCUT2D eigenvalue weighted by molar-refractivity contribution is 0.246. The third-order valence-electron chi connectivity index (χ3n) is 5.50. The van der Waals surface area contributed by atoms with Crippen LogP contribution in [0.5, 0.6) is 0 Å². The van der Waals surface area contributed by atoms with Gasteiger partial charge in [0, 0.05) is 27.7 Å². The molecule has 0 saturated carbocycles. The van der Waals surface area contributed by atoms with Crippen LogP contribution in [0.4, 0.5) is 9.18 Å². The minimum atomic E-state index is -4.13. The van der Waals surface area contributed by atoms with E-state index in [2.05, 4.69) is 15.5 Å². The van der Waals surface area contributed by atoms with Crippen LogP contribution in [0.2, 0.25) is 14.4 Å². The van der Waals surface area contributed by atoms with Gasteiger partial charge < -0.3 is 5.32 Å². The van der Waals surface area contributed by atoms with Gasteiger partial charge in [-0.05, 0) is 61.1 Å². The maximum Gasteiger partial charge on any atom is 0.329 e. The van der Waals surface area contributed by atoms with E-state index >= 15 is 4.39 Å². The molecule has 3 aromatic rings. The minimum absolute atomic E-state index is 0.102. The fourth-order valence-corrected chi connectivity index (χ4v) is 6.92. The lowest BCUT2D eigenvalue weighted by Crippen LogP contribution is -2.39. The molecule has 0 aliphatic heterocycles. The van der Waals surface area contributed by atoms with E-state index in [4.69, 9.17) is 34.8 Å². The number of carbonyl (C=O) groups is 1. The number of amides is 2. The molecule has 35 heavy (non-hydrogen) atoms. The number of halogens is 4. The highest BCUT2D eigenvalue weighted by Gasteiger charge is 2.26. The second-order valence-electron chi connectivity index (χ2n) is 7.98. The molecule has 0 radical (unpaired) electrons. The fourth-order valence-electron chi connectivity index (χ4n) is 3.81. The maximum atomic E-state index is 15.3. The number of thiophene rings is 1. The molecule has 13 heteroatoms. The molecule has 3 N–H and O–H groups in total. The van der Waals surface area contributed by atoms with E-state index in [1.54, 1.807) is 25.1 Å². The summed E-state index contributed by atoms with van der Waals surface area (Å²) < 4.78 is 42.1. The Morgan fingerprint density at radius 3 is 2.69 bits per heavy atom. The molecule has 4 rings (SSSR count). The Morgan fingerprint density at radius 1 is 1.23 bits per heavy atom. The highest BCUT2D eigenvalue weighted by molar-refractivity contribution is 7.92. The molecule has 0 spiro atoms. The predicted octanol–water partition coefficient (Wildman–Crippen LogP) is 6.04. The smallest absolute Gasteiger partial charge is 0.329 e. The van der Waals surface area contributed by atoms with E-state index in [1.807, 2.05) is 4.72 Å². The van der Waals surface area contributed by atoms with E-state index in [1.165, 1.54) is 6.07 Å². The monoisotopic (exact) mass is 576 g/mol. The average molecular weight is 578 g/mol. The molecule has 1 aliphatic carbocycles. The summed E-state index contributed by atoms with van der Waals surface area (Å²) in [5.41, 5.74) is 3.89. The van der Waals surface area contributed by atoms with Crippen molar-refractivity contribution in [3.05, 3.63) is 72.6 Å². The summed E-state index contributed by atoms with van der Waals surface area (Å²) in [6, 6.07) is 5.47. The predicted molar refractivity (Wildman–Crippen MR) is 137 cm³/mol. The van der Waals surface area contributed by atoms with E-state index in [9.17, 15) is 13.2 Å². The van der Waals surface area contributed by atoms with Gasteiger partial charge in [0.15, 0.2) is 0 Å². The number of benzene rings is 1. The maximum absolute atomic E-state index is 15.3. The number of nitrogens with one attached hydrogen (secondary N) is 3. The molecule has 0 atom stereocenters. The Morgan fingerprint density at radius 2 is 2.00 bits per heavy atom. The number of aryl methyl sites for hydroxylation is 2. The van der Waals surface area contributed by atoms with E-state index < -0.39 is 28.4 Å². The van der Waals surface area contributed by atoms with E-state index in [0.29, 0.717) is 62.5 Å². The first kappa shape index (κ1) is 26.0. The van der Waals surface area contributed by atoms with Gasteiger partial charge in [0.25, 0.3) is 10.0 Å². The van der Waals surface area contributed by atoms with Crippen LogP contribution in [0.25, 0.3) is 5.57 Å². The molecule has 0 saturated heterocycles. The molecule has 2 heterocycles. The van der Waals surface area contributed by atoms with Crippen LogP contribution in [0.1, 0.15) is 40.9 Å². The van der Waals surface area contributed by atoms with E-state index in [-0.39, 0.29) is 4.21 Å². The van der Waals surface area contributed by atoms with Crippen molar-refractivity contribution in [2.24, 2.45) is 0 Å². The summed E-state index contributed by atoms with van der Waals surface area (Å²) >= 11 is 19.0. The molecule has 0 fully saturated rings. The van der Waals surface area contributed by atoms with Crippen LogP contribution < -0.4 is 10.0 Å². The number of aromatic amines is 1. The van der Waals surface area contributed by atoms with Crippen LogP contribution in [-0.4, -0.2) is 31.2 Å². The van der Waals surface area contributed by atoms with Gasteiger partial charge in [-0.25, -0.2) is 22.3 Å². The second kappa shape index (κ2) is 10.5. The van der Waals surface area contributed by atoms with Crippen molar-refractivity contribution >= 4 is 67.8 Å². The SMILES string of the molecule is Cc1cc(S(=O)(=O)NC(=O)NCC(F)=C2CCCc3[nH]nc(Cc4ccc(Cl)cc4Cl)c32)sc1Cl. The van der Waals surface area contributed by atoms with Crippen LogP contribution in [0.3, 0.4) is 0 Å². The minimum Gasteiger partial charge on any atom is -0.331 e. The molecule has 2 aromatic heterocycles. The first-order valence-corrected chi connectivity index (χ1v) is 13.9. The molecule has 2 amide bonds. The summed E-state index contributed by atoms with van der Waals surface area (Å²) in [6.07, 6.45) is 2.24. The topological polar surface area (TPSA) is 104 Å². The number of hydrogen-bond donors (Lipinski definition) is 3. The zero-order valence-electron chi connectivity index (χ0n) is 18.3. The number of rotatable bonds is 6. The number of H-pyrrole nitrogens is 1. The number of hydrogen-bond acceptors (Lipinski definition) is 5. The molecule has 7 nitrogen and oxygen atoms in total. The van der Waals surface area contributed by atoms with Crippen molar-refractivity contribution in [3.63, 3.8) is 0 Å². The van der Waals surface area contributed by atoms with Gasteiger partial charge in [-0.15, -0.1) is 11.3 Å². The van der Waals surface area contributed by atoms with Crippen molar-refractivity contribution in [2.45, 2.75) is 36.8 Å². The molecular formula is C22H20Cl3FN4O3S2. The van der Waals surface area contributed by atoms with Crippen molar-refractivity contribution in [1.29, 1.82) is 0 Å². The van der Waals surface area contributed by atoms with Gasteiger partial charge in [-0.3, -0.25) is 5.10 Å². The van der Waals surface area contributed by atoms with Crippen LogP contribution in [-0.2, 0) is 22.9 Å². The van der Waals surface area contributed by atoms with E-state index in [0.717, 1.165) is 22.6 Å². The number of allylic oxidation sites excluding steroid dienone is 1. The summed E-state index contributed by atoms with van der Waals surface area (Å²) in [5.74, 6) is -0.571. The highest BCUT2D eigenvalue weighted by Crippen LogP contribution is 2.36. The lowest BCUT2D eigenvalue weighted by atomic mass is 9.88. The highest BCUT2D eigenvalue weighted by atomic mass is 35.5. The van der Waals surface area contributed by atoms with Crippen molar-refractivity contribution in [1.82, 2.24) is 20.2 Å². The summed E-state index contributed by atoms with van der Waals surface area (Å²) in [4.78, 5) is 12.2. The Hall–Kier alpha value is -2.11. The summed E-state index contributed by atoms with van der Waals surface area (Å²) in [5, 5.41) is 10.6. The molecular weight excluding hydrogens is 558 g/mol. The first-order chi connectivity index (χ1) is 16.5. The number of nitrogens with zero attached hydrogens (tertiary/aromatic N) is 1. The molecule has 1 aliphatic rings. The Labute approximate surface area is 220 Å². The van der Waals surface area contributed by atoms with Crippen LogP contribution in [0, 0.1) is 6.92 Å². The van der Waals surface area contributed by atoms with Gasteiger partial charge in [-0.1, -0.05) is 40.9 Å². The van der Waals surface area contributed by atoms with Gasteiger partial charge in [0.1, 0.15) is 10.0 Å².